The Balaban J connectivity index is 1.07. The first-order valence-corrected chi connectivity index (χ1v) is 11.8. The highest BCUT2D eigenvalue weighted by Gasteiger charge is 2.50. The van der Waals surface area contributed by atoms with E-state index in [1.54, 1.807) is 0 Å². The van der Waals surface area contributed by atoms with Crippen molar-refractivity contribution < 1.29 is 19.1 Å². The molecule has 160 valence electrons. The number of hydrogen-bond acceptors (Lipinski definition) is 5. The lowest BCUT2D eigenvalue weighted by Crippen LogP contribution is -2.51. The lowest BCUT2D eigenvalue weighted by molar-refractivity contribution is -0.149. The van der Waals surface area contributed by atoms with Crippen molar-refractivity contribution in [3.05, 3.63) is 24.3 Å². The summed E-state index contributed by atoms with van der Waals surface area (Å²) in [6.45, 7) is 0.422. The summed E-state index contributed by atoms with van der Waals surface area (Å²) in [5.41, 5.74) is 1.03. The maximum atomic E-state index is 12.3. The Labute approximate surface area is 180 Å². The molecule has 4 saturated carbocycles. The van der Waals surface area contributed by atoms with E-state index in [0.29, 0.717) is 6.54 Å². The van der Waals surface area contributed by atoms with Crippen LogP contribution in [-0.2, 0) is 19.1 Å². The number of fused-ring (bicyclic) bond motifs is 1. The number of thioether (sulfide) groups is 1. The molecule has 4 bridgehead atoms. The van der Waals surface area contributed by atoms with Gasteiger partial charge in [0, 0.05) is 11.4 Å². The number of amides is 2. The van der Waals surface area contributed by atoms with Gasteiger partial charge in [0.1, 0.15) is 0 Å². The fourth-order valence-corrected chi connectivity index (χ4v) is 7.52. The monoisotopic (exact) mass is 428 g/mol. The highest BCUT2D eigenvalue weighted by molar-refractivity contribution is 8.01. The summed E-state index contributed by atoms with van der Waals surface area (Å²) in [6, 6.07) is 7.50. The van der Waals surface area contributed by atoms with E-state index in [4.69, 9.17) is 4.74 Å². The molecule has 7 heteroatoms. The molecular weight excluding hydrogens is 400 g/mol. The molecule has 6 nitrogen and oxygen atoms in total. The van der Waals surface area contributed by atoms with Crippen LogP contribution in [0.15, 0.2) is 29.2 Å². The predicted octanol–water partition coefficient (Wildman–Crippen LogP) is 3.37. The summed E-state index contributed by atoms with van der Waals surface area (Å²) in [6.07, 6.45) is 7.77. The van der Waals surface area contributed by atoms with Crippen molar-refractivity contribution in [2.24, 2.45) is 23.2 Å². The summed E-state index contributed by atoms with van der Waals surface area (Å²) in [5, 5.41) is 5.30. The van der Waals surface area contributed by atoms with E-state index in [0.717, 1.165) is 28.3 Å². The van der Waals surface area contributed by atoms with Crippen LogP contribution in [0.25, 0.3) is 0 Å². The highest BCUT2D eigenvalue weighted by atomic mass is 32.2. The van der Waals surface area contributed by atoms with Crippen LogP contribution in [0.1, 0.15) is 44.9 Å². The summed E-state index contributed by atoms with van der Waals surface area (Å²) in [5.74, 6) is 1.56. The van der Waals surface area contributed by atoms with Crippen LogP contribution in [-0.4, -0.2) is 36.2 Å². The minimum Gasteiger partial charge on any atom is -0.456 e. The first-order chi connectivity index (χ1) is 14.5. The molecule has 0 spiro atoms. The molecule has 1 heterocycles. The Kier molecular flexibility index (Phi) is 5.25. The number of nitrogens with one attached hydrogen (secondary N) is 2. The molecule has 0 saturated heterocycles. The Hall–Kier alpha value is -2.02. The highest BCUT2D eigenvalue weighted by Crippen LogP contribution is 2.59. The minimum absolute atomic E-state index is 0.0485. The van der Waals surface area contributed by atoms with Gasteiger partial charge in [0.05, 0.1) is 17.4 Å². The third-order valence-corrected chi connectivity index (χ3v) is 8.52. The van der Waals surface area contributed by atoms with Crippen molar-refractivity contribution >= 4 is 35.2 Å². The van der Waals surface area contributed by atoms with Crippen molar-refractivity contribution in [1.82, 2.24) is 5.32 Å². The fraction of sp³-hybridized carbons (Fsp3) is 0.609. The minimum atomic E-state index is -0.539. The molecule has 1 aromatic rings. The number of carbonyl (C=O) groups excluding carboxylic acids is 3. The number of ether oxygens (including phenoxy) is 1. The van der Waals surface area contributed by atoms with Gasteiger partial charge in [-0.25, -0.2) is 0 Å². The van der Waals surface area contributed by atoms with Gasteiger partial charge >= 0.3 is 5.97 Å². The smallest absolute Gasteiger partial charge is 0.307 e. The molecule has 30 heavy (non-hydrogen) atoms. The van der Waals surface area contributed by atoms with E-state index in [9.17, 15) is 14.4 Å². The van der Waals surface area contributed by atoms with Gasteiger partial charge in [0.15, 0.2) is 6.61 Å². The quantitative estimate of drug-likeness (QED) is 0.679. The van der Waals surface area contributed by atoms with Gasteiger partial charge in [-0.15, -0.1) is 11.8 Å². The van der Waals surface area contributed by atoms with Crippen LogP contribution in [0.4, 0.5) is 5.69 Å². The third-order valence-electron chi connectivity index (χ3n) is 7.25. The molecule has 4 fully saturated rings. The zero-order chi connectivity index (χ0) is 20.7. The zero-order valence-electron chi connectivity index (χ0n) is 17.0. The number of carbonyl (C=O) groups is 3. The Bertz CT molecular complexity index is 835. The number of para-hydroxylation sites is 1. The Morgan fingerprint density at radius 1 is 1.10 bits per heavy atom. The normalized spacial score (nSPS) is 33.5. The molecule has 4 aliphatic carbocycles. The van der Waals surface area contributed by atoms with Crippen LogP contribution < -0.4 is 10.6 Å². The number of rotatable bonds is 6. The van der Waals surface area contributed by atoms with Crippen LogP contribution in [0, 0.1) is 23.2 Å². The van der Waals surface area contributed by atoms with Crippen molar-refractivity contribution in [2.75, 3.05) is 18.5 Å². The van der Waals surface area contributed by atoms with Crippen LogP contribution >= 0.6 is 11.8 Å². The maximum absolute atomic E-state index is 12.3. The van der Waals surface area contributed by atoms with Crippen LogP contribution in [0.5, 0.6) is 0 Å². The second-order valence-corrected chi connectivity index (χ2v) is 10.9. The summed E-state index contributed by atoms with van der Waals surface area (Å²) in [7, 11) is 0. The number of hydrogen-bond donors (Lipinski definition) is 2. The first kappa shape index (κ1) is 19.9. The van der Waals surface area contributed by atoms with E-state index < -0.39 is 11.2 Å². The van der Waals surface area contributed by atoms with Crippen molar-refractivity contribution in [2.45, 2.75) is 55.1 Å². The Morgan fingerprint density at radius 3 is 2.47 bits per heavy atom. The van der Waals surface area contributed by atoms with Gasteiger partial charge in [0.2, 0.25) is 5.91 Å². The molecular formula is C23H28N2O4S. The molecule has 1 aromatic carbocycles. The van der Waals surface area contributed by atoms with Gasteiger partial charge in [-0.3, -0.25) is 14.4 Å². The van der Waals surface area contributed by atoms with Crippen molar-refractivity contribution in [3.8, 4) is 0 Å². The van der Waals surface area contributed by atoms with Crippen LogP contribution in [0.2, 0.25) is 0 Å². The standard InChI is InChI=1S/C23H28N2O4S/c26-20(24-13-23-9-14-5-15(10-23)7-16(6-14)11-23)12-29-21(27)8-19-22(28)25-17-3-1-2-4-18(17)30-19/h1-4,14-16,19H,5-13H2,(H,24,26)(H,25,28)/t14?,15?,16?,19-,23?/m0/s1. The third kappa shape index (κ3) is 4.09. The molecule has 0 aromatic heterocycles. The van der Waals surface area contributed by atoms with Gasteiger partial charge in [-0.2, -0.15) is 0 Å². The van der Waals surface area contributed by atoms with Gasteiger partial charge in [0.25, 0.3) is 5.91 Å². The van der Waals surface area contributed by atoms with Gasteiger partial charge in [-0.1, -0.05) is 12.1 Å². The molecule has 0 unspecified atom stereocenters. The molecule has 1 atom stereocenters. The average Bonchev–Trinajstić information content (AvgIpc) is 2.70. The summed E-state index contributed by atoms with van der Waals surface area (Å²) >= 11 is 1.36. The number of esters is 1. The number of anilines is 1. The maximum Gasteiger partial charge on any atom is 0.307 e. The van der Waals surface area contributed by atoms with E-state index in [1.807, 2.05) is 24.3 Å². The SMILES string of the molecule is O=C(COC(=O)C[C@@H]1Sc2ccccc2NC1=O)NCC12CC3CC(CC(C3)C1)C2. The molecule has 5 aliphatic rings. The van der Waals surface area contributed by atoms with Crippen LogP contribution in [0.3, 0.4) is 0 Å². The molecule has 1 aliphatic heterocycles. The average molecular weight is 429 g/mol. The second-order valence-electron chi connectivity index (χ2n) is 9.65. The van der Waals surface area contributed by atoms with Crippen molar-refractivity contribution in [3.63, 3.8) is 0 Å². The Morgan fingerprint density at radius 2 is 1.77 bits per heavy atom. The van der Waals surface area contributed by atoms with Gasteiger partial charge in [-0.05, 0) is 73.8 Å². The van der Waals surface area contributed by atoms with E-state index >= 15 is 0 Å². The lowest BCUT2D eigenvalue weighted by atomic mass is 9.49. The molecule has 6 rings (SSSR count). The lowest BCUT2D eigenvalue weighted by Gasteiger charge is -2.56. The summed E-state index contributed by atoms with van der Waals surface area (Å²) < 4.78 is 5.17. The second kappa shape index (κ2) is 7.91. The van der Waals surface area contributed by atoms with E-state index in [-0.39, 0.29) is 30.3 Å². The predicted molar refractivity (Wildman–Crippen MR) is 114 cm³/mol. The molecule has 0 radical (unpaired) electrons. The molecule has 2 amide bonds. The molecule has 2 N–H and O–H groups in total. The van der Waals surface area contributed by atoms with E-state index in [2.05, 4.69) is 10.6 Å². The van der Waals surface area contributed by atoms with E-state index in [1.165, 1.54) is 50.3 Å². The fourth-order valence-electron chi connectivity index (χ4n) is 6.43. The zero-order valence-corrected chi connectivity index (χ0v) is 17.8. The topological polar surface area (TPSA) is 84.5 Å². The first-order valence-electron chi connectivity index (χ1n) is 11.0. The van der Waals surface area contributed by atoms with Gasteiger partial charge < -0.3 is 15.4 Å². The van der Waals surface area contributed by atoms with Crippen molar-refractivity contribution in [1.29, 1.82) is 0 Å². The largest absolute Gasteiger partial charge is 0.456 e. The summed E-state index contributed by atoms with van der Waals surface area (Å²) in [4.78, 5) is 37.6. The number of benzene rings is 1.